The van der Waals surface area contributed by atoms with Crippen LogP contribution in [0, 0.1) is 0 Å². The van der Waals surface area contributed by atoms with Gasteiger partial charge in [0.2, 0.25) is 11.9 Å². The molecule has 4 heterocycles. The minimum Gasteiger partial charge on any atom is -0.378 e. The lowest BCUT2D eigenvalue weighted by molar-refractivity contribution is -0.130. The van der Waals surface area contributed by atoms with Crippen LogP contribution in [0.15, 0.2) is 53.0 Å². The Morgan fingerprint density at radius 1 is 0.941 bits per heavy atom. The summed E-state index contributed by atoms with van der Waals surface area (Å²) >= 11 is 3.28. The lowest BCUT2D eigenvalue weighted by Gasteiger charge is -2.34. The Morgan fingerprint density at radius 2 is 1.74 bits per heavy atom. The van der Waals surface area contributed by atoms with E-state index >= 15 is 0 Å². The molecule has 8 nitrogen and oxygen atoms in total. The van der Waals surface area contributed by atoms with Gasteiger partial charge in [-0.2, -0.15) is 0 Å². The van der Waals surface area contributed by atoms with Crippen LogP contribution in [0.2, 0.25) is 0 Å². The second-order valence-corrected chi connectivity index (χ2v) is 10.5. The van der Waals surface area contributed by atoms with Crippen molar-refractivity contribution in [1.82, 2.24) is 24.6 Å². The molecule has 0 unspecified atom stereocenters. The first-order chi connectivity index (χ1) is 16.8. The standard InChI is InChI=1S/C24H30N6O2S2/c31-22(28-10-8-27(9-11-28)18-21-7-4-16-33-21)19-34-24-26-25-23(29-12-14-32-15-13-29)30(24)17-20-5-2-1-3-6-20/h1-7,16H,8-15,17-19H2. The molecule has 10 heteroatoms. The number of amides is 1. The fourth-order valence-corrected chi connectivity index (χ4v) is 5.87. The number of carbonyl (C=O) groups excluding carboxylic acids is 1. The van der Waals surface area contributed by atoms with Crippen molar-refractivity contribution in [3.63, 3.8) is 0 Å². The predicted octanol–water partition coefficient (Wildman–Crippen LogP) is 2.66. The highest BCUT2D eigenvalue weighted by molar-refractivity contribution is 7.99. The van der Waals surface area contributed by atoms with Crippen LogP contribution in [-0.4, -0.2) is 88.7 Å². The molecule has 2 aromatic heterocycles. The van der Waals surface area contributed by atoms with E-state index in [1.807, 2.05) is 23.1 Å². The topological polar surface area (TPSA) is 66.7 Å². The summed E-state index contributed by atoms with van der Waals surface area (Å²) in [7, 11) is 0. The highest BCUT2D eigenvalue weighted by Crippen LogP contribution is 2.25. The monoisotopic (exact) mass is 498 g/mol. The van der Waals surface area contributed by atoms with Crippen molar-refractivity contribution in [3.05, 3.63) is 58.3 Å². The SMILES string of the molecule is O=C(CSc1nnc(N2CCOCC2)n1Cc1ccccc1)N1CCN(Cc2cccs2)CC1. The highest BCUT2D eigenvalue weighted by Gasteiger charge is 2.24. The Morgan fingerprint density at radius 3 is 2.47 bits per heavy atom. The molecular formula is C24H30N6O2S2. The summed E-state index contributed by atoms with van der Waals surface area (Å²) in [5.41, 5.74) is 1.19. The van der Waals surface area contributed by atoms with Crippen LogP contribution < -0.4 is 4.90 Å². The van der Waals surface area contributed by atoms with E-state index in [9.17, 15) is 4.79 Å². The molecule has 0 N–H and O–H groups in total. The van der Waals surface area contributed by atoms with Crippen LogP contribution in [0.5, 0.6) is 0 Å². The average Bonchev–Trinajstić information content (AvgIpc) is 3.54. The van der Waals surface area contributed by atoms with Gasteiger partial charge in [0.15, 0.2) is 5.16 Å². The highest BCUT2D eigenvalue weighted by atomic mass is 32.2. The Hall–Kier alpha value is -2.40. The van der Waals surface area contributed by atoms with E-state index in [-0.39, 0.29) is 5.91 Å². The van der Waals surface area contributed by atoms with Crippen molar-refractivity contribution in [2.75, 3.05) is 63.1 Å². The largest absolute Gasteiger partial charge is 0.378 e. The summed E-state index contributed by atoms with van der Waals surface area (Å²) in [4.78, 5) is 21.0. The number of anilines is 1. The van der Waals surface area contributed by atoms with Gasteiger partial charge in [-0.05, 0) is 17.0 Å². The number of aromatic nitrogens is 3. The van der Waals surface area contributed by atoms with Crippen molar-refractivity contribution in [2.24, 2.45) is 0 Å². The Kier molecular flexibility index (Phi) is 7.79. The molecule has 3 aromatic rings. The van der Waals surface area contributed by atoms with Crippen molar-refractivity contribution >= 4 is 35.0 Å². The number of carbonyl (C=O) groups is 1. The Labute approximate surface area is 208 Å². The third-order valence-electron chi connectivity index (χ3n) is 6.18. The second-order valence-electron chi connectivity index (χ2n) is 8.48. The predicted molar refractivity (Wildman–Crippen MR) is 135 cm³/mol. The number of piperazine rings is 1. The van der Waals surface area contributed by atoms with Gasteiger partial charge in [-0.3, -0.25) is 14.3 Å². The molecule has 0 bridgehead atoms. The summed E-state index contributed by atoms with van der Waals surface area (Å²) < 4.78 is 7.65. The Balaban J connectivity index is 1.20. The molecule has 5 rings (SSSR count). The first-order valence-corrected chi connectivity index (χ1v) is 13.6. The van der Waals surface area contributed by atoms with Crippen LogP contribution in [-0.2, 0) is 22.6 Å². The van der Waals surface area contributed by atoms with Gasteiger partial charge in [0, 0.05) is 50.7 Å². The molecule has 0 saturated carbocycles. The molecule has 2 aliphatic heterocycles. The fourth-order valence-electron chi connectivity index (χ4n) is 4.29. The molecule has 2 aliphatic rings. The zero-order valence-corrected chi connectivity index (χ0v) is 20.8. The van der Waals surface area contributed by atoms with Crippen molar-refractivity contribution in [1.29, 1.82) is 0 Å². The number of nitrogens with zero attached hydrogens (tertiary/aromatic N) is 6. The van der Waals surface area contributed by atoms with E-state index in [1.54, 1.807) is 11.3 Å². The minimum atomic E-state index is 0.169. The first-order valence-electron chi connectivity index (χ1n) is 11.7. The molecule has 2 saturated heterocycles. The summed E-state index contributed by atoms with van der Waals surface area (Å²) in [6.45, 7) is 8.02. The fraction of sp³-hybridized carbons (Fsp3) is 0.458. The molecule has 1 amide bonds. The maximum absolute atomic E-state index is 13.0. The minimum absolute atomic E-state index is 0.169. The third kappa shape index (κ3) is 5.80. The number of hydrogen-bond acceptors (Lipinski definition) is 8. The molecule has 180 valence electrons. The molecule has 0 atom stereocenters. The number of hydrogen-bond donors (Lipinski definition) is 0. The second kappa shape index (κ2) is 11.4. The number of ether oxygens (including phenoxy) is 1. The van der Waals surface area contributed by atoms with Crippen LogP contribution in [0.25, 0.3) is 0 Å². The Bertz CT molecular complexity index is 1040. The van der Waals surface area contributed by atoms with Gasteiger partial charge in [-0.15, -0.1) is 21.5 Å². The number of benzene rings is 1. The molecule has 2 fully saturated rings. The quantitative estimate of drug-likeness (QED) is 0.443. The van der Waals surface area contributed by atoms with E-state index in [1.165, 1.54) is 22.2 Å². The molecule has 34 heavy (non-hydrogen) atoms. The summed E-state index contributed by atoms with van der Waals surface area (Å²) in [5, 5.41) is 11.9. The van der Waals surface area contributed by atoms with Gasteiger partial charge in [-0.25, -0.2) is 0 Å². The summed E-state index contributed by atoms with van der Waals surface area (Å²) in [5.74, 6) is 1.40. The van der Waals surface area contributed by atoms with Gasteiger partial charge >= 0.3 is 0 Å². The van der Waals surface area contributed by atoms with Crippen LogP contribution in [0.1, 0.15) is 10.4 Å². The van der Waals surface area contributed by atoms with Gasteiger partial charge in [-0.1, -0.05) is 48.2 Å². The molecule has 0 spiro atoms. The van der Waals surface area contributed by atoms with Crippen molar-refractivity contribution < 1.29 is 9.53 Å². The maximum Gasteiger partial charge on any atom is 0.233 e. The van der Waals surface area contributed by atoms with E-state index in [0.29, 0.717) is 25.5 Å². The molecular weight excluding hydrogens is 468 g/mol. The van der Waals surface area contributed by atoms with E-state index < -0.39 is 0 Å². The number of thioether (sulfide) groups is 1. The first kappa shape index (κ1) is 23.3. The lowest BCUT2D eigenvalue weighted by atomic mass is 10.2. The number of morpholine rings is 1. The lowest BCUT2D eigenvalue weighted by Crippen LogP contribution is -2.48. The van der Waals surface area contributed by atoms with Crippen LogP contribution in [0.4, 0.5) is 5.95 Å². The average molecular weight is 499 g/mol. The number of rotatable bonds is 8. The molecule has 1 aromatic carbocycles. The zero-order valence-electron chi connectivity index (χ0n) is 19.2. The smallest absolute Gasteiger partial charge is 0.233 e. The molecule has 0 aliphatic carbocycles. The van der Waals surface area contributed by atoms with E-state index in [0.717, 1.165) is 56.9 Å². The summed E-state index contributed by atoms with van der Waals surface area (Å²) in [6.07, 6.45) is 0. The van der Waals surface area contributed by atoms with Crippen molar-refractivity contribution in [3.8, 4) is 0 Å². The van der Waals surface area contributed by atoms with Gasteiger partial charge < -0.3 is 14.5 Å². The van der Waals surface area contributed by atoms with Crippen LogP contribution >= 0.6 is 23.1 Å². The van der Waals surface area contributed by atoms with E-state index in [2.05, 4.69) is 54.2 Å². The maximum atomic E-state index is 13.0. The summed E-state index contributed by atoms with van der Waals surface area (Å²) in [6, 6.07) is 14.6. The van der Waals surface area contributed by atoms with Crippen LogP contribution in [0.3, 0.4) is 0 Å². The molecule has 0 radical (unpaired) electrons. The van der Waals surface area contributed by atoms with Gasteiger partial charge in [0.05, 0.1) is 25.5 Å². The van der Waals surface area contributed by atoms with Gasteiger partial charge in [0.25, 0.3) is 0 Å². The number of thiophene rings is 1. The van der Waals surface area contributed by atoms with Gasteiger partial charge in [0.1, 0.15) is 0 Å². The van der Waals surface area contributed by atoms with E-state index in [4.69, 9.17) is 4.74 Å². The normalized spacial score (nSPS) is 17.3. The van der Waals surface area contributed by atoms with Crippen molar-refractivity contribution in [2.45, 2.75) is 18.2 Å². The third-order valence-corrected chi connectivity index (χ3v) is 8.00. The zero-order chi connectivity index (χ0) is 23.2.